The molecule has 4 heterocycles. The fraction of sp³-hybridized carbons (Fsp3) is 0.641. The van der Waals surface area contributed by atoms with E-state index in [9.17, 15) is 9.59 Å². The number of piperidine rings is 1. The van der Waals surface area contributed by atoms with E-state index in [1.165, 1.54) is 7.11 Å². The van der Waals surface area contributed by atoms with Crippen LogP contribution in [0.4, 0.5) is 10.1 Å². The van der Waals surface area contributed by atoms with Crippen LogP contribution in [0.2, 0.25) is 5.02 Å². The molecule has 0 amide bonds. The number of methoxy groups -OCH3 is 1. The zero-order valence-electron chi connectivity index (χ0n) is 30.8. The first-order chi connectivity index (χ1) is 24.2. The fourth-order valence-electron chi connectivity index (χ4n) is 7.52. The molecule has 0 bridgehead atoms. The molecule has 12 heteroatoms. The maximum atomic E-state index is 16.4. The molecule has 1 aliphatic carbocycles. The second-order valence-electron chi connectivity index (χ2n) is 15.9. The number of ether oxygens (including phenoxy) is 4. The number of hydrogen-bond donors (Lipinski definition) is 0. The minimum Gasteiger partial charge on any atom is -0.469 e. The Bertz CT molecular complexity index is 1700. The van der Waals surface area contributed by atoms with E-state index in [2.05, 4.69) is 17.0 Å². The van der Waals surface area contributed by atoms with Gasteiger partial charge in [0, 0.05) is 37.4 Å². The molecule has 2 aliphatic heterocycles. The van der Waals surface area contributed by atoms with Crippen LogP contribution < -0.4 is 9.64 Å². The summed E-state index contributed by atoms with van der Waals surface area (Å²) in [5, 5.41) is 0.476. The van der Waals surface area contributed by atoms with E-state index < -0.39 is 22.7 Å². The Kier molecular flexibility index (Phi) is 10.9. The van der Waals surface area contributed by atoms with Gasteiger partial charge >= 0.3 is 17.9 Å². The second-order valence-corrected chi connectivity index (χ2v) is 16.3. The fourth-order valence-corrected chi connectivity index (χ4v) is 7.78. The highest BCUT2D eigenvalue weighted by atomic mass is 35.5. The van der Waals surface area contributed by atoms with E-state index in [0.717, 1.165) is 56.4 Å². The number of aromatic nitrogens is 3. The smallest absolute Gasteiger partial charge is 0.315 e. The lowest BCUT2D eigenvalue weighted by Gasteiger charge is -2.43. The van der Waals surface area contributed by atoms with Crippen molar-refractivity contribution >= 4 is 40.4 Å². The molecular weight excluding hydrogens is 675 g/mol. The molecule has 3 aliphatic rings. The zero-order valence-corrected chi connectivity index (χ0v) is 31.6. The lowest BCUT2D eigenvalue weighted by molar-refractivity contribution is -0.178. The Morgan fingerprint density at radius 2 is 1.69 bits per heavy atom. The molecule has 0 radical (unpaired) electrons. The van der Waals surface area contributed by atoms with Gasteiger partial charge in [-0.3, -0.25) is 14.2 Å². The minimum absolute atomic E-state index is 0.146. The monoisotopic (exact) mass is 726 g/mol. The van der Waals surface area contributed by atoms with Gasteiger partial charge in [-0.1, -0.05) is 23.7 Å². The molecule has 3 aromatic rings. The van der Waals surface area contributed by atoms with Crippen LogP contribution in [0.1, 0.15) is 105 Å². The molecule has 0 N–H and O–H groups in total. The molecule has 0 spiro atoms. The topological polar surface area (TPSA) is 105 Å². The molecule has 1 unspecified atom stereocenters. The molecule has 278 valence electrons. The first-order valence-corrected chi connectivity index (χ1v) is 18.8. The summed E-state index contributed by atoms with van der Waals surface area (Å²) in [4.78, 5) is 37.0. The Labute approximate surface area is 305 Å². The number of esters is 2. The molecule has 51 heavy (non-hydrogen) atoms. The number of nitrogens with zero attached hydrogens (tertiary/aromatic N) is 4. The quantitative estimate of drug-likeness (QED) is 0.200. The average molecular weight is 727 g/mol. The third-order valence-corrected chi connectivity index (χ3v) is 11.1. The predicted molar refractivity (Wildman–Crippen MR) is 195 cm³/mol. The lowest BCUT2D eigenvalue weighted by Crippen LogP contribution is -2.51. The number of carbonyl (C=O) groups is 2. The van der Waals surface area contributed by atoms with Gasteiger partial charge in [-0.15, -0.1) is 0 Å². The van der Waals surface area contributed by atoms with Crippen LogP contribution >= 0.6 is 11.6 Å². The first kappa shape index (κ1) is 37.3. The van der Waals surface area contributed by atoms with Gasteiger partial charge in [-0.25, -0.2) is 9.37 Å². The number of halogens is 2. The summed E-state index contributed by atoms with van der Waals surface area (Å²) in [5.74, 6) is -0.327. The number of rotatable bonds is 9. The summed E-state index contributed by atoms with van der Waals surface area (Å²) in [7, 11) is 1.44. The third kappa shape index (κ3) is 8.14. The van der Waals surface area contributed by atoms with Crippen molar-refractivity contribution in [3.8, 4) is 17.3 Å². The maximum Gasteiger partial charge on any atom is 0.315 e. The minimum atomic E-state index is -1.72. The van der Waals surface area contributed by atoms with Crippen molar-refractivity contribution in [2.75, 3.05) is 31.7 Å². The average Bonchev–Trinajstić information content (AvgIpc) is 3.45. The molecule has 2 saturated heterocycles. The van der Waals surface area contributed by atoms with E-state index in [0.29, 0.717) is 59.7 Å². The SMILES string of the molecule is COC(=O)CC1CCN(c2ccc(-c3nc4c(cc3Cl)nc(OC3CCC(F)(C(C)(C)C(=O)OC(C)(C)C)CC3)n4C3CCCCO3)cc2)CC1. The first-order valence-electron chi connectivity index (χ1n) is 18.4. The van der Waals surface area contributed by atoms with E-state index in [4.69, 9.17) is 40.5 Å². The van der Waals surface area contributed by atoms with Gasteiger partial charge in [-0.2, -0.15) is 4.98 Å². The van der Waals surface area contributed by atoms with Crippen molar-refractivity contribution in [2.45, 2.75) is 122 Å². The Balaban J connectivity index is 1.20. The number of benzene rings is 1. The van der Waals surface area contributed by atoms with Gasteiger partial charge in [0.2, 0.25) is 0 Å². The van der Waals surface area contributed by atoms with E-state index in [1.807, 2.05) is 22.8 Å². The number of anilines is 1. The van der Waals surface area contributed by atoms with Crippen LogP contribution in [0.15, 0.2) is 30.3 Å². The standard InChI is InChI=1S/C39H52ClFN4O6/c1-37(2,3)51-35(47)38(4,5)39(41)18-14-28(15-19-39)50-36-42-30-24-29(40)33(43-34(30)45(36)31-9-7-8-22-49-31)26-10-12-27(13-11-26)44-20-16-25(17-21-44)23-32(46)48-6/h10-13,24-25,28,31H,7-9,14-23H2,1-6H3. The molecule has 6 rings (SSSR count). The van der Waals surface area contributed by atoms with Crippen molar-refractivity contribution in [1.29, 1.82) is 0 Å². The van der Waals surface area contributed by atoms with Crippen LogP contribution in [0.25, 0.3) is 22.4 Å². The Hall–Kier alpha value is -3.44. The summed E-state index contributed by atoms with van der Waals surface area (Å²) in [6, 6.07) is 10.5. The number of carbonyl (C=O) groups excluding carboxylic acids is 2. The van der Waals surface area contributed by atoms with Gasteiger partial charge < -0.3 is 23.8 Å². The van der Waals surface area contributed by atoms with Crippen molar-refractivity contribution in [1.82, 2.24) is 14.5 Å². The van der Waals surface area contributed by atoms with Crippen LogP contribution in [0.3, 0.4) is 0 Å². The molecule has 2 aromatic heterocycles. The zero-order chi connectivity index (χ0) is 36.6. The van der Waals surface area contributed by atoms with Crippen molar-refractivity contribution < 1.29 is 32.9 Å². The highest BCUT2D eigenvalue weighted by Gasteiger charge is 2.54. The second kappa shape index (κ2) is 14.9. The van der Waals surface area contributed by atoms with Crippen molar-refractivity contribution in [2.24, 2.45) is 11.3 Å². The van der Waals surface area contributed by atoms with E-state index in [1.54, 1.807) is 34.6 Å². The largest absolute Gasteiger partial charge is 0.469 e. The number of hydrogen-bond acceptors (Lipinski definition) is 9. The van der Waals surface area contributed by atoms with Crippen LogP contribution in [-0.2, 0) is 23.8 Å². The molecule has 1 aromatic carbocycles. The van der Waals surface area contributed by atoms with Crippen LogP contribution in [0, 0.1) is 11.3 Å². The Morgan fingerprint density at radius 1 is 1.00 bits per heavy atom. The Morgan fingerprint density at radius 3 is 2.29 bits per heavy atom. The number of imidazole rings is 1. The molecular formula is C39H52ClFN4O6. The van der Waals surface area contributed by atoms with Gasteiger partial charge in [0.15, 0.2) is 5.65 Å². The molecule has 10 nitrogen and oxygen atoms in total. The third-order valence-electron chi connectivity index (χ3n) is 10.9. The van der Waals surface area contributed by atoms with Crippen molar-refractivity contribution in [3.63, 3.8) is 0 Å². The van der Waals surface area contributed by atoms with E-state index in [-0.39, 0.29) is 31.1 Å². The van der Waals surface area contributed by atoms with Crippen molar-refractivity contribution in [3.05, 3.63) is 35.4 Å². The van der Waals surface area contributed by atoms with Gasteiger partial charge in [0.1, 0.15) is 29.1 Å². The number of fused-ring (bicyclic) bond motifs is 1. The summed E-state index contributed by atoms with van der Waals surface area (Å²) >= 11 is 6.86. The summed E-state index contributed by atoms with van der Waals surface area (Å²) in [6.45, 7) is 11.0. The van der Waals surface area contributed by atoms with Crippen LogP contribution in [-0.4, -0.2) is 70.7 Å². The van der Waals surface area contributed by atoms with Gasteiger partial charge in [0.25, 0.3) is 0 Å². The summed E-state index contributed by atoms with van der Waals surface area (Å²) < 4.78 is 41.6. The number of alkyl halides is 1. The summed E-state index contributed by atoms with van der Waals surface area (Å²) in [5.41, 5.74) is 0.135. The predicted octanol–water partition coefficient (Wildman–Crippen LogP) is 8.63. The lowest BCUT2D eigenvalue weighted by atomic mass is 9.68. The molecule has 1 atom stereocenters. The summed E-state index contributed by atoms with van der Waals surface area (Å²) in [6.07, 6.45) is 5.70. The van der Waals surface area contributed by atoms with Gasteiger partial charge in [0.05, 0.1) is 23.2 Å². The van der Waals surface area contributed by atoms with Crippen LogP contribution in [0.5, 0.6) is 6.01 Å². The normalized spacial score (nSPS) is 23.6. The molecule has 3 fully saturated rings. The number of pyridine rings is 1. The molecule has 1 saturated carbocycles. The highest BCUT2D eigenvalue weighted by molar-refractivity contribution is 6.33. The highest BCUT2D eigenvalue weighted by Crippen LogP contribution is 2.48. The van der Waals surface area contributed by atoms with Gasteiger partial charge in [-0.05, 0) is 117 Å². The maximum absolute atomic E-state index is 16.4. The van der Waals surface area contributed by atoms with E-state index >= 15 is 4.39 Å².